The maximum absolute atomic E-state index is 9.74. The van der Waals surface area contributed by atoms with Gasteiger partial charge in [0.1, 0.15) is 24.4 Å². The zero-order valence-corrected chi connectivity index (χ0v) is 10.7. The maximum atomic E-state index is 9.74. The highest BCUT2D eigenvalue weighted by Gasteiger charge is 2.41. The van der Waals surface area contributed by atoms with Gasteiger partial charge in [0.05, 0.1) is 25.0 Å². The molecule has 0 aromatic rings. The standard InChI is InChI=1S/C12H21NO5/c1-4-8(13-3)5-17-6-9-11(15)12(16)10(14)7(2)18-9/h4,7,9-12,14-16H,3,5-6H2,1-2H3/b8-4-/t7-,9+,10-,11+,12+/m0/s1. The van der Waals surface area contributed by atoms with Crippen molar-refractivity contribution in [3.8, 4) is 0 Å². The Kier molecular flexibility index (Phi) is 5.90. The van der Waals surface area contributed by atoms with Crippen LogP contribution in [0.15, 0.2) is 16.8 Å². The molecule has 1 rings (SSSR count). The van der Waals surface area contributed by atoms with E-state index in [1.165, 1.54) is 0 Å². The van der Waals surface area contributed by atoms with E-state index in [4.69, 9.17) is 9.47 Å². The molecule has 0 unspecified atom stereocenters. The molecule has 0 spiro atoms. The molecule has 0 radical (unpaired) electrons. The number of aliphatic hydroxyl groups is 3. The number of hydrogen-bond donors (Lipinski definition) is 3. The lowest BCUT2D eigenvalue weighted by molar-refractivity contribution is -0.227. The van der Waals surface area contributed by atoms with Gasteiger partial charge in [-0.15, -0.1) is 0 Å². The second-order valence-electron chi connectivity index (χ2n) is 4.30. The van der Waals surface area contributed by atoms with Crippen molar-refractivity contribution < 1.29 is 24.8 Å². The van der Waals surface area contributed by atoms with Gasteiger partial charge in [-0.3, -0.25) is 4.99 Å². The van der Waals surface area contributed by atoms with Gasteiger partial charge in [-0.05, 0) is 20.6 Å². The Bertz CT molecular complexity index is 307. The summed E-state index contributed by atoms with van der Waals surface area (Å²) in [6.07, 6.45) is -2.91. The third-order valence-electron chi connectivity index (χ3n) is 3.02. The first-order valence-electron chi connectivity index (χ1n) is 5.90. The van der Waals surface area contributed by atoms with Gasteiger partial charge >= 0.3 is 0 Å². The fraction of sp³-hybridized carbons (Fsp3) is 0.750. The topological polar surface area (TPSA) is 91.5 Å². The van der Waals surface area contributed by atoms with E-state index in [9.17, 15) is 15.3 Å². The molecule has 0 saturated carbocycles. The zero-order valence-electron chi connectivity index (χ0n) is 10.7. The van der Waals surface area contributed by atoms with Gasteiger partial charge in [0, 0.05) is 0 Å². The summed E-state index contributed by atoms with van der Waals surface area (Å²) in [5, 5.41) is 28.9. The minimum atomic E-state index is -1.22. The van der Waals surface area contributed by atoms with Crippen molar-refractivity contribution in [1.29, 1.82) is 0 Å². The number of ether oxygens (including phenoxy) is 2. The van der Waals surface area contributed by atoms with Crippen molar-refractivity contribution in [1.82, 2.24) is 0 Å². The van der Waals surface area contributed by atoms with Crippen LogP contribution in [0.1, 0.15) is 13.8 Å². The van der Waals surface area contributed by atoms with Gasteiger partial charge in [-0.1, -0.05) is 6.08 Å². The highest BCUT2D eigenvalue weighted by molar-refractivity contribution is 5.28. The molecule has 0 aromatic heterocycles. The molecule has 1 aliphatic heterocycles. The van der Waals surface area contributed by atoms with Gasteiger partial charge in [-0.25, -0.2) is 0 Å². The van der Waals surface area contributed by atoms with Crippen LogP contribution in [-0.4, -0.2) is 65.8 Å². The summed E-state index contributed by atoms with van der Waals surface area (Å²) < 4.78 is 10.7. The number of allylic oxidation sites excluding steroid dienone is 1. The lowest BCUT2D eigenvalue weighted by atomic mass is 9.96. The maximum Gasteiger partial charge on any atom is 0.111 e. The van der Waals surface area contributed by atoms with Crippen LogP contribution in [-0.2, 0) is 9.47 Å². The summed E-state index contributed by atoms with van der Waals surface area (Å²) in [5.74, 6) is 0. The van der Waals surface area contributed by atoms with Crippen molar-refractivity contribution in [2.24, 2.45) is 4.99 Å². The van der Waals surface area contributed by atoms with Crippen LogP contribution < -0.4 is 0 Å². The minimum absolute atomic E-state index is 0.113. The molecule has 6 heteroatoms. The normalized spacial score (nSPS) is 37.6. The number of nitrogens with zero attached hydrogens (tertiary/aromatic N) is 1. The van der Waals surface area contributed by atoms with E-state index in [0.717, 1.165) is 0 Å². The van der Waals surface area contributed by atoms with Crippen molar-refractivity contribution in [3.05, 3.63) is 11.8 Å². The predicted molar refractivity (Wildman–Crippen MR) is 66.5 cm³/mol. The molecule has 1 aliphatic rings. The largest absolute Gasteiger partial charge is 0.388 e. The van der Waals surface area contributed by atoms with E-state index in [-0.39, 0.29) is 13.2 Å². The number of rotatable bonds is 5. The molecule has 1 fully saturated rings. The molecule has 6 nitrogen and oxygen atoms in total. The highest BCUT2D eigenvalue weighted by atomic mass is 16.6. The Hall–Kier alpha value is -0.790. The second kappa shape index (κ2) is 6.96. The van der Waals surface area contributed by atoms with Gasteiger partial charge in [-0.2, -0.15) is 0 Å². The predicted octanol–water partition coefficient (Wildman–Crippen LogP) is -0.523. The molecular formula is C12H21NO5. The van der Waals surface area contributed by atoms with Crippen molar-refractivity contribution >= 4 is 6.72 Å². The van der Waals surface area contributed by atoms with Crippen molar-refractivity contribution in [3.63, 3.8) is 0 Å². The summed E-state index contributed by atoms with van der Waals surface area (Å²) >= 11 is 0. The average molecular weight is 259 g/mol. The number of aliphatic imine (C=N–C) groups is 1. The molecule has 0 aliphatic carbocycles. The first-order valence-corrected chi connectivity index (χ1v) is 5.90. The zero-order chi connectivity index (χ0) is 13.7. The van der Waals surface area contributed by atoms with Crippen LogP contribution in [0.5, 0.6) is 0 Å². The summed E-state index contributed by atoms with van der Waals surface area (Å²) in [5.41, 5.74) is 0.689. The number of hydrogen-bond acceptors (Lipinski definition) is 6. The van der Waals surface area contributed by atoms with E-state index in [2.05, 4.69) is 11.7 Å². The van der Waals surface area contributed by atoms with E-state index in [1.54, 1.807) is 13.0 Å². The summed E-state index contributed by atoms with van der Waals surface area (Å²) in [7, 11) is 0. The minimum Gasteiger partial charge on any atom is -0.388 e. The summed E-state index contributed by atoms with van der Waals surface area (Å²) in [6.45, 7) is 7.23. The SMILES string of the molecule is C=N/C(=C\C)COC[C@H]1O[C@@H](C)[C@H](O)[C@@H](O)[C@@H]1O. The molecule has 0 amide bonds. The molecule has 1 saturated heterocycles. The lowest BCUT2D eigenvalue weighted by Gasteiger charge is -2.39. The van der Waals surface area contributed by atoms with Crippen LogP contribution in [0.25, 0.3) is 0 Å². The first-order chi connectivity index (χ1) is 8.51. The van der Waals surface area contributed by atoms with Crippen LogP contribution >= 0.6 is 0 Å². The molecule has 5 atom stereocenters. The van der Waals surface area contributed by atoms with Crippen molar-refractivity contribution in [2.75, 3.05) is 13.2 Å². The molecule has 1 heterocycles. The highest BCUT2D eigenvalue weighted by Crippen LogP contribution is 2.21. The van der Waals surface area contributed by atoms with Crippen LogP contribution in [0.2, 0.25) is 0 Å². The fourth-order valence-electron chi connectivity index (χ4n) is 1.77. The third-order valence-corrected chi connectivity index (χ3v) is 3.02. The summed E-state index contributed by atoms with van der Waals surface area (Å²) in [4.78, 5) is 3.74. The Morgan fingerprint density at radius 2 is 2.00 bits per heavy atom. The molecule has 0 bridgehead atoms. The van der Waals surface area contributed by atoms with Crippen LogP contribution in [0, 0.1) is 0 Å². The summed E-state index contributed by atoms with van der Waals surface area (Å²) in [6, 6.07) is 0. The van der Waals surface area contributed by atoms with Gasteiger partial charge in [0.2, 0.25) is 0 Å². The Labute approximate surface area is 107 Å². The molecular weight excluding hydrogens is 238 g/mol. The fourth-order valence-corrected chi connectivity index (χ4v) is 1.77. The first kappa shape index (κ1) is 15.3. The van der Waals surface area contributed by atoms with E-state index < -0.39 is 30.5 Å². The monoisotopic (exact) mass is 259 g/mol. The second-order valence-corrected chi connectivity index (χ2v) is 4.30. The van der Waals surface area contributed by atoms with Gasteiger partial charge in [0.25, 0.3) is 0 Å². The molecule has 3 N–H and O–H groups in total. The Balaban J connectivity index is 2.44. The Morgan fingerprint density at radius 3 is 2.56 bits per heavy atom. The number of aliphatic hydroxyl groups excluding tert-OH is 3. The van der Waals surface area contributed by atoms with E-state index in [0.29, 0.717) is 5.70 Å². The average Bonchev–Trinajstić information content (AvgIpc) is 2.38. The molecule has 104 valence electrons. The van der Waals surface area contributed by atoms with Gasteiger partial charge in [0.15, 0.2) is 0 Å². The van der Waals surface area contributed by atoms with Crippen LogP contribution in [0.3, 0.4) is 0 Å². The molecule has 18 heavy (non-hydrogen) atoms. The van der Waals surface area contributed by atoms with E-state index >= 15 is 0 Å². The third kappa shape index (κ3) is 3.60. The smallest absolute Gasteiger partial charge is 0.111 e. The lowest BCUT2D eigenvalue weighted by Crippen LogP contribution is -2.57. The quantitative estimate of drug-likeness (QED) is 0.578. The van der Waals surface area contributed by atoms with Crippen LogP contribution in [0.4, 0.5) is 0 Å². The molecule has 0 aromatic carbocycles. The van der Waals surface area contributed by atoms with Gasteiger partial charge < -0.3 is 24.8 Å². The van der Waals surface area contributed by atoms with E-state index in [1.807, 2.05) is 6.92 Å². The van der Waals surface area contributed by atoms with Crippen molar-refractivity contribution in [2.45, 2.75) is 44.4 Å². The Morgan fingerprint density at radius 1 is 1.33 bits per heavy atom.